The normalized spacial score (nSPS) is 13.1. The first-order chi connectivity index (χ1) is 12.6. The Balaban J connectivity index is 2.21. The van der Waals surface area contributed by atoms with Gasteiger partial charge in [0.05, 0.1) is 14.2 Å². The molecule has 0 aliphatic rings. The van der Waals surface area contributed by atoms with E-state index in [9.17, 15) is 5.11 Å². The second-order valence-corrected chi connectivity index (χ2v) is 6.41. The second-order valence-electron chi connectivity index (χ2n) is 6.41. The molecular formula is C23H24O3. The fourth-order valence-electron chi connectivity index (χ4n) is 3.33. The molecule has 0 saturated carbocycles. The summed E-state index contributed by atoms with van der Waals surface area (Å²) in [4.78, 5) is 0. The molecule has 0 amide bonds. The minimum Gasteiger partial charge on any atom is -0.496 e. The van der Waals surface area contributed by atoms with Gasteiger partial charge in [0.1, 0.15) is 17.1 Å². The number of aliphatic hydroxyl groups is 1. The van der Waals surface area contributed by atoms with E-state index in [0.29, 0.717) is 17.7 Å². The van der Waals surface area contributed by atoms with Gasteiger partial charge in [-0.15, -0.1) is 0 Å². The van der Waals surface area contributed by atoms with Crippen LogP contribution in [0.1, 0.15) is 22.3 Å². The number of methoxy groups -OCH3 is 2. The maximum atomic E-state index is 11.9. The lowest BCUT2D eigenvalue weighted by Gasteiger charge is -2.31. The summed E-state index contributed by atoms with van der Waals surface area (Å²) < 4.78 is 11.1. The molecule has 3 aromatic carbocycles. The van der Waals surface area contributed by atoms with Crippen LogP contribution in [0.4, 0.5) is 0 Å². The molecule has 1 N–H and O–H groups in total. The van der Waals surface area contributed by atoms with Gasteiger partial charge in [0, 0.05) is 12.0 Å². The maximum Gasteiger partial charge on any atom is 0.125 e. The number of hydrogen-bond acceptors (Lipinski definition) is 3. The Morgan fingerprint density at radius 1 is 0.808 bits per heavy atom. The van der Waals surface area contributed by atoms with Gasteiger partial charge in [-0.05, 0) is 35.7 Å². The van der Waals surface area contributed by atoms with Crippen molar-refractivity contribution in [1.29, 1.82) is 0 Å². The van der Waals surface area contributed by atoms with Gasteiger partial charge < -0.3 is 14.6 Å². The van der Waals surface area contributed by atoms with Gasteiger partial charge in [-0.3, -0.25) is 0 Å². The van der Waals surface area contributed by atoms with E-state index in [1.165, 1.54) is 0 Å². The number of rotatable bonds is 6. The highest BCUT2D eigenvalue weighted by Gasteiger charge is 2.35. The zero-order chi connectivity index (χ0) is 18.6. The molecule has 3 rings (SSSR count). The van der Waals surface area contributed by atoms with Gasteiger partial charge in [0.15, 0.2) is 0 Å². The molecule has 3 nitrogen and oxygen atoms in total. The van der Waals surface area contributed by atoms with E-state index in [0.717, 1.165) is 22.4 Å². The summed E-state index contributed by atoms with van der Waals surface area (Å²) in [5.41, 5.74) is 2.27. The van der Waals surface area contributed by atoms with Crippen molar-refractivity contribution in [3.63, 3.8) is 0 Å². The smallest absolute Gasteiger partial charge is 0.125 e. The summed E-state index contributed by atoms with van der Waals surface area (Å²) >= 11 is 0. The quantitative estimate of drug-likeness (QED) is 0.713. The summed E-state index contributed by atoms with van der Waals surface area (Å²) in [5.74, 6) is 1.37. The lowest BCUT2D eigenvalue weighted by Crippen LogP contribution is -2.31. The summed E-state index contributed by atoms with van der Waals surface area (Å²) in [6, 6.07) is 23.5. The summed E-state index contributed by atoms with van der Waals surface area (Å²) in [6.45, 7) is 1.96. The molecule has 0 bridgehead atoms. The van der Waals surface area contributed by atoms with Gasteiger partial charge in [-0.1, -0.05) is 60.7 Å². The van der Waals surface area contributed by atoms with Crippen LogP contribution >= 0.6 is 0 Å². The van der Waals surface area contributed by atoms with Crippen molar-refractivity contribution < 1.29 is 14.6 Å². The highest BCUT2D eigenvalue weighted by molar-refractivity contribution is 5.52. The average Bonchev–Trinajstić information content (AvgIpc) is 2.69. The Hall–Kier alpha value is -2.78. The predicted octanol–water partition coefficient (Wildman–Crippen LogP) is 4.49. The fraction of sp³-hybridized carbons (Fsp3) is 0.217. The number of hydrogen-bond donors (Lipinski definition) is 1. The SMILES string of the molecule is COc1cc(C(O)(Cc2ccccc2)c2ccccc2)c(OC)cc1C. The molecule has 134 valence electrons. The Kier molecular flexibility index (Phi) is 5.29. The van der Waals surface area contributed by atoms with Crippen molar-refractivity contribution in [3.8, 4) is 11.5 Å². The van der Waals surface area contributed by atoms with Gasteiger partial charge in [0.2, 0.25) is 0 Å². The van der Waals surface area contributed by atoms with E-state index in [-0.39, 0.29) is 0 Å². The number of ether oxygens (including phenoxy) is 2. The first-order valence-electron chi connectivity index (χ1n) is 8.63. The van der Waals surface area contributed by atoms with Crippen LogP contribution in [-0.4, -0.2) is 19.3 Å². The third-order valence-corrected chi connectivity index (χ3v) is 4.72. The molecule has 1 unspecified atom stereocenters. The monoisotopic (exact) mass is 348 g/mol. The topological polar surface area (TPSA) is 38.7 Å². The van der Waals surface area contributed by atoms with Crippen molar-refractivity contribution >= 4 is 0 Å². The molecule has 1 atom stereocenters. The molecule has 0 spiro atoms. The van der Waals surface area contributed by atoms with Crippen molar-refractivity contribution in [2.75, 3.05) is 14.2 Å². The average molecular weight is 348 g/mol. The van der Waals surface area contributed by atoms with Crippen molar-refractivity contribution in [1.82, 2.24) is 0 Å². The molecule has 0 heterocycles. The van der Waals surface area contributed by atoms with Gasteiger partial charge >= 0.3 is 0 Å². The van der Waals surface area contributed by atoms with Crippen LogP contribution in [0, 0.1) is 6.92 Å². The standard InChI is InChI=1S/C23H24O3/c1-17-14-22(26-3)20(15-21(17)25-2)23(24,19-12-8-5-9-13-19)16-18-10-6-4-7-11-18/h4-15,24H,16H2,1-3H3. The van der Waals surface area contributed by atoms with Gasteiger partial charge in [-0.25, -0.2) is 0 Å². The summed E-state index contributed by atoms with van der Waals surface area (Å²) in [5, 5.41) is 11.9. The van der Waals surface area contributed by atoms with E-state index in [1.54, 1.807) is 14.2 Å². The minimum atomic E-state index is -1.24. The lowest BCUT2D eigenvalue weighted by atomic mass is 9.80. The Morgan fingerprint density at radius 2 is 1.38 bits per heavy atom. The number of aryl methyl sites for hydroxylation is 1. The van der Waals surface area contributed by atoms with E-state index >= 15 is 0 Å². The Morgan fingerprint density at radius 3 is 1.96 bits per heavy atom. The minimum absolute atomic E-state index is 0.431. The second kappa shape index (κ2) is 7.63. The molecule has 0 aliphatic heterocycles. The van der Waals surface area contributed by atoms with Crippen LogP contribution in [0.25, 0.3) is 0 Å². The third-order valence-electron chi connectivity index (χ3n) is 4.72. The van der Waals surface area contributed by atoms with Gasteiger partial charge in [-0.2, -0.15) is 0 Å². The van der Waals surface area contributed by atoms with Crippen LogP contribution in [0.2, 0.25) is 0 Å². The van der Waals surface area contributed by atoms with Crippen molar-refractivity contribution in [2.24, 2.45) is 0 Å². The molecule has 0 aromatic heterocycles. The zero-order valence-electron chi connectivity index (χ0n) is 15.4. The third kappa shape index (κ3) is 3.44. The molecule has 26 heavy (non-hydrogen) atoms. The highest BCUT2D eigenvalue weighted by atomic mass is 16.5. The van der Waals surface area contributed by atoms with Crippen molar-refractivity contribution in [2.45, 2.75) is 18.9 Å². The van der Waals surface area contributed by atoms with Crippen LogP contribution in [0.3, 0.4) is 0 Å². The van der Waals surface area contributed by atoms with Crippen molar-refractivity contribution in [3.05, 3.63) is 95.1 Å². The molecule has 0 aliphatic carbocycles. The van der Waals surface area contributed by atoms with E-state index < -0.39 is 5.60 Å². The zero-order valence-corrected chi connectivity index (χ0v) is 15.4. The van der Waals surface area contributed by atoms with Gasteiger partial charge in [0.25, 0.3) is 0 Å². The summed E-state index contributed by atoms with van der Waals surface area (Å²) in [6.07, 6.45) is 0.431. The largest absolute Gasteiger partial charge is 0.496 e. The Bertz CT molecular complexity index is 859. The summed E-state index contributed by atoms with van der Waals surface area (Å²) in [7, 11) is 3.26. The molecule has 0 saturated heterocycles. The van der Waals surface area contributed by atoms with Crippen LogP contribution < -0.4 is 9.47 Å². The molecule has 0 fully saturated rings. The number of benzene rings is 3. The first kappa shape index (κ1) is 18.0. The molecular weight excluding hydrogens is 324 g/mol. The fourth-order valence-corrected chi connectivity index (χ4v) is 3.33. The first-order valence-corrected chi connectivity index (χ1v) is 8.63. The molecule has 0 radical (unpaired) electrons. The van der Waals surface area contributed by atoms with Crippen LogP contribution in [0.5, 0.6) is 11.5 Å². The lowest BCUT2D eigenvalue weighted by molar-refractivity contribution is 0.0779. The highest BCUT2D eigenvalue weighted by Crippen LogP contribution is 2.41. The van der Waals surface area contributed by atoms with E-state index in [4.69, 9.17) is 9.47 Å². The molecule has 3 aromatic rings. The van der Waals surface area contributed by atoms with E-state index in [1.807, 2.05) is 79.7 Å². The van der Waals surface area contributed by atoms with E-state index in [2.05, 4.69) is 0 Å². The maximum absolute atomic E-state index is 11.9. The van der Waals surface area contributed by atoms with Crippen LogP contribution in [0.15, 0.2) is 72.8 Å². The predicted molar refractivity (Wildman–Crippen MR) is 104 cm³/mol. The molecule has 3 heteroatoms. The Labute approximate surface area is 154 Å². The van der Waals surface area contributed by atoms with Crippen LogP contribution in [-0.2, 0) is 12.0 Å².